The van der Waals surface area contributed by atoms with Crippen molar-refractivity contribution in [2.75, 3.05) is 59.6 Å². The number of hydrogen-bond acceptors (Lipinski definition) is 6. The standard InChI is InChI=1S/C21H29N5O3.ClH/c1-28-13-14-29-19-16-26(17-5-3-2-4-6-17)23-20(19)21(27)25-10-7-18(15-25)24-11-8-22-9-12-24;/h2-6,16,18,22H,7-15H2,1H3;1H. The van der Waals surface area contributed by atoms with E-state index in [4.69, 9.17) is 9.47 Å². The maximum absolute atomic E-state index is 13.3. The van der Waals surface area contributed by atoms with E-state index < -0.39 is 0 Å². The van der Waals surface area contributed by atoms with Gasteiger partial charge >= 0.3 is 0 Å². The summed E-state index contributed by atoms with van der Waals surface area (Å²) in [6, 6.07) is 10.2. The highest BCUT2D eigenvalue weighted by Crippen LogP contribution is 2.24. The van der Waals surface area contributed by atoms with Gasteiger partial charge in [-0.25, -0.2) is 4.68 Å². The Bertz CT molecular complexity index is 810. The highest BCUT2D eigenvalue weighted by atomic mass is 35.5. The lowest BCUT2D eigenvalue weighted by molar-refractivity contribution is 0.0760. The van der Waals surface area contributed by atoms with E-state index in [1.54, 1.807) is 18.0 Å². The van der Waals surface area contributed by atoms with Crippen LogP contribution in [0.15, 0.2) is 36.5 Å². The van der Waals surface area contributed by atoms with Crippen molar-refractivity contribution in [1.82, 2.24) is 24.9 Å². The Kier molecular flexibility index (Phi) is 8.09. The molecule has 1 amide bonds. The van der Waals surface area contributed by atoms with Crippen LogP contribution in [0.2, 0.25) is 0 Å². The van der Waals surface area contributed by atoms with E-state index >= 15 is 0 Å². The monoisotopic (exact) mass is 435 g/mol. The zero-order valence-electron chi connectivity index (χ0n) is 17.3. The van der Waals surface area contributed by atoms with Crippen LogP contribution < -0.4 is 10.1 Å². The second-order valence-corrected chi connectivity index (χ2v) is 7.44. The Hall–Kier alpha value is -2.13. The number of amides is 1. The molecule has 0 bridgehead atoms. The van der Waals surface area contributed by atoms with Crippen LogP contribution in [0, 0.1) is 0 Å². The van der Waals surface area contributed by atoms with Gasteiger partial charge in [-0.3, -0.25) is 9.69 Å². The Balaban J connectivity index is 0.00000256. The minimum atomic E-state index is -0.0651. The van der Waals surface area contributed by atoms with Crippen molar-refractivity contribution in [3.8, 4) is 11.4 Å². The number of ether oxygens (including phenoxy) is 2. The second kappa shape index (κ2) is 10.8. The average Bonchev–Trinajstić information content (AvgIpc) is 3.43. The van der Waals surface area contributed by atoms with Crippen molar-refractivity contribution < 1.29 is 14.3 Å². The number of methoxy groups -OCH3 is 1. The van der Waals surface area contributed by atoms with Gasteiger partial charge in [0, 0.05) is 52.4 Å². The zero-order valence-corrected chi connectivity index (χ0v) is 18.1. The summed E-state index contributed by atoms with van der Waals surface area (Å²) in [6.07, 6.45) is 2.78. The molecule has 1 aromatic carbocycles. The largest absolute Gasteiger partial charge is 0.487 e. The summed E-state index contributed by atoms with van der Waals surface area (Å²) in [5.41, 5.74) is 1.26. The van der Waals surface area contributed by atoms with Crippen LogP contribution in [0.25, 0.3) is 5.69 Å². The number of halogens is 1. The molecule has 1 aromatic heterocycles. The van der Waals surface area contributed by atoms with Crippen molar-refractivity contribution in [1.29, 1.82) is 0 Å². The van der Waals surface area contributed by atoms with E-state index in [0.717, 1.165) is 51.4 Å². The third-order valence-corrected chi connectivity index (χ3v) is 5.57. The first-order chi connectivity index (χ1) is 14.3. The lowest BCUT2D eigenvalue weighted by Gasteiger charge is -2.32. The third-order valence-electron chi connectivity index (χ3n) is 5.57. The fraction of sp³-hybridized carbons (Fsp3) is 0.524. The first-order valence-electron chi connectivity index (χ1n) is 10.3. The average molecular weight is 436 g/mol. The number of benzene rings is 1. The van der Waals surface area contributed by atoms with Gasteiger partial charge in [-0.2, -0.15) is 5.10 Å². The minimum absolute atomic E-state index is 0. The van der Waals surface area contributed by atoms with Crippen LogP contribution in [0.1, 0.15) is 16.9 Å². The molecular weight excluding hydrogens is 406 g/mol. The normalized spacial score (nSPS) is 19.5. The third kappa shape index (κ3) is 5.13. The Labute approximate surface area is 183 Å². The fourth-order valence-electron chi connectivity index (χ4n) is 3.98. The van der Waals surface area contributed by atoms with Crippen molar-refractivity contribution in [3.05, 3.63) is 42.2 Å². The molecule has 164 valence electrons. The highest BCUT2D eigenvalue weighted by molar-refractivity contribution is 5.95. The molecule has 4 rings (SSSR count). The molecule has 1 atom stereocenters. The molecule has 0 radical (unpaired) electrons. The molecule has 3 heterocycles. The molecule has 2 fully saturated rings. The molecule has 1 N–H and O–H groups in total. The number of carbonyl (C=O) groups excluding carboxylic acids is 1. The van der Waals surface area contributed by atoms with Crippen LogP contribution >= 0.6 is 12.4 Å². The number of nitrogens with one attached hydrogen (secondary N) is 1. The van der Waals surface area contributed by atoms with E-state index in [2.05, 4.69) is 15.3 Å². The van der Waals surface area contributed by atoms with E-state index in [0.29, 0.717) is 30.7 Å². The van der Waals surface area contributed by atoms with Crippen LogP contribution in [-0.4, -0.2) is 91.1 Å². The van der Waals surface area contributed by atoms with Gasteiger partial charge in [-0.15, -0.1) is 12.4 Å². The summed E-state index contributed by atoms with van der Waals surface area (Å²) in [6.45, 7) is 6.45. The van der Waals surface area contributed by atoms with Crippen LogP contribution in [-0.2, 0) is 4.74 Å². The molecule has 2 aromatic rings. The Morgan fingerprint density at radius 1 is 1.17 bits per heavy atom. The Morgan fingerprint density at radius 2 is 1.93 bits per heavy atom. The van der Waals surface area contributed by atoms with Gasteiger partial charge in [-0.1, -0.05) is 18.2 Å². The molecule has 2 aliphatic heterocycles. The molecule has 0 aliphatic carbocycles. The molecule has 8 nitrogen and oxygen atoms in total. The molecule has 2 aliphatic rings. The number of aromatic nitrogens is 2. The smallest absolute Gasteiger partial charge is 0.278 e. The maximum Gasteiger partial charge on any atom is 0.278 e. The summed E-state index contributed by atoms with van der Waals surface area (Å²) < 4.78 is 12.6. The number of rotatable bonds is 7. The lowest BCUT2D eigenvalue weighted by atomic mass is 10.2. The van der Waals surface area contributed by atoms with Gasteiger partial charge < -0.3 is 19.7 Å². The topological polar surface area (TPSA) is 71.9 Å². The van der Waals surface area contributed by atoms with Crippen molar-refractivity contribution in [2.45, 2.75) is 12.5 Å². The SMILES string of the molecule is COCCOc1cn(-c2ccccc2)nc1C(=O)N1CCC(N2CCNCC2)C1.Cl. The second-order valence-electron chi connectivity index (χ2n) is 7.44. The molecule has 1 unspecified atom stereocenters. The van der Waals surface area contributed by atoms with E-state index in [1.165, 1.54) is 0 Å². The number of hydrogen-bond donors (Lipinski definition) is 1. The number of para-hydroxylation sites is 1. The van der Waals surface area contributed by atoms with Gasteiger partial charge in [0.15, 0.2) is 11.4 Å². The molecular formula is C21H30ClN5O3. The highest BCUT2D eigenvalue weighted by Gasteiger charge is 2.33. The molecule has 0 spiro atoms. The number of piperazine rings is 1. The number of nitrogens with zero attached hydrogens (tertiary/aromatic N) is 4. The fourth-order valence-corrected chi connectivity index (χ4v) is 3.98. The van der Waals surface area contributed by atoms with Crippen LogP contribution in [0.5, 0.6) is 5.75 Å². The van der Waals surface area contributed by atoms with Crippen molar-refractivity contribution in [2.24, 2.45) is 0 Å². The molecule has 30 heavy (non-hydrogen) atoms. The predicted molar refractivity (Wildman–Crippen MR) is 117 cm³/mol. The van der Waals surface area contributed by atoms with Gasteiger partial charge in [0.2, 0.25) is 0 Å². The summed E-state index contributed by atoms with van der Waals surface area (Å²) >= 11 is 0. The van der Waals surface area contributed by atoms with E-state index in [1.807, 2.05) is 35.2 Å². The first-order valence-corrected chi connectivity index (χ1v) is 10.3. The minimum Gasteiger partial charge on any atom is -0.487 e. The number of carbonyl (C=O) groups is 1. The van der Waals surface area contributed by atoms with Crippen LogP contribution in [0.3, 0.4) is 0 Å². The summed E-state index contributed by atoms with van der Waals surface area (Å²) in [5, 5.41) is 7.96. The summed E-state index contributed by atoms with van der Waals surface area (Å²) in [7, 11) is 1.63. The quantitative estimate of drug-likeness (QED) is 0.663. The summed E-state index contributed by atoms with van der Waals surface area (Å²) in [4.78, 5) is 17.7. The van der Waals surface area contributed by atoms with Gasteiger partial charge in [-0.05, 0) is 18.6 Å². The van der Waals surface area contributed by atoms with E-state index in [9.17, 15) is 4.79 Å². The summed E-state index contributed by atoms with van der Waals surface area (Å²) in [5.74, 6) is 0.436. The van der Waals surface area contributed by atoms with E-state index in [-0.39, 0.29) is 18.3 Å². The maximum atomic E-state index is 13.3. The Morgan fingerprint density at radius 3 is 2.67 bits per heavy atom. The van der Waals surface area contributed by atoms with Crippen molar-refractivity contribution >= 4 is 18.3 Å². The van der Waals surface area contributed by atoms with Gasteiger partial charge in [0.05, 0.1) is 18.5 Å². The van der Waals surface area contributed by atoms with Crippen LogP contribution in [0.4, 0.5) is 0 Å². The van der Waals surface area contributed by atoms with Crippen molar-refractivity contribution in [3.63, 3.8) is 0 Å². The molecule has 9 heteroatoms. The van der Waals surface area contributed by atoms with Gasteiger partial charge in [0.1, 0.15) is 6.61 Å². The van der Waals surface area contributed by atoms with Gasteiger partial charge in [0.25, 0.3) is 5.91 Å². The molecule has 0 saturated carbocycles. The predicted octanol–water partition coefficient (Wildman–Crippen LogP) is 1.44. The lowest BCUT2D eigenvalue weighted by Crippen LogP contribution is -2.49. The molecule has 2 saturated heterocycles. The number of likely N-dealkylation sites (tertiary alicyclic amines) is 1. The first kappa shape index (κ1) is 22.6. The zero-order chi connectivity index (χ0) is 20.1.